The van der Waals surface area contributed by atoms with Crippen molar-refractivity contribution >= 4 is 28.3 Å². The fraction of sp³-hybridized carbons (Fsp3) is 0.235. The highest BCUT2D eigenvalue weighted by atomic mass is 127. The van der Waals surface area contributed by atoms with Crippen molar-refractivity contribution in [3.8, 4) is 0 Å². The van der Waals surface area contributed by atoms with Crippen LogP contribution in [0.1, 0.15) is 29.5 Å². The molecule has 1 aromatic carbocycles. The van der Waals surface area contributed by atoms with Crippen molar-refractivity contribution < 1.29 is 0 Å². The summed E-state index contributed by atoms with van der Waals surface area (Å²) in [7, 11) is 0. The molecule has 0 amide bonds. The molecule has 0 saturated heterocycles. The van der Waals surface area contributed by atoms with E-state index >= 15 is 0 Å². The van der Waals surface area contributed by atoms with Gasteiger partial charge in [0.05, 0.1) is 6.04 Å². The molecule has 1 aliphatic carbocycles. The van der Waals surface area contributed by atoms with Gasteiger partial charge in [-0.25, -0.2) is 0 Å². The van der Waals surface area contributed by atoms with Gasteiger partial charge in [-0.2, -0.15) is 0 Å². The van der Waals surface area contributed by atoms with Gasteiger partial charge < -0.3 is 5.32 Å². The molecule has 2 aliphatic rings. The summed E-state index contributed by atoms with van der Waals surface area (Å²) in [6.45, 7) is 0. The number of nitrogens with zero attached hydrogens (tertiary/aromatic N) is 1. The van der Waals surface area contributed by atoms with Gasteiger partial charge >= 0.3 is 0 Å². The molecule has 0 spiro atoms. The lowest BCUT2D eigenvalue weighted by molar-refractivity contribution is 0.425. The summed E-state index contributed by atoms with van der Waals surface area (Å²) in [5.41, 5.74) is 4.00. The number of rotatable bonds is 1. The van der Waals surface area contributed by atoms with Crippen LogP contribution in [0, 0.1) is 9.49 Å². The molecule has 3 heteroatoms. The van der Waals surface area contributed by atoms with Crippen molar-refractivity contribution in [2.24, 2.45) is 5.92 Å². The second-order valence-electron chi connectivity index (χ2n) is 5.49. The third-order valence-corrected chi connectivity index (χ3v) is 5.04. The molecule has 1 aliphatic heterocycles. The van der Waals surface area contributed by atoms with E-state index in [4.69, 9.17) is 0 Å². The second-order valence-corrected chi connectivity index (χ2v) is 6.74. The number of benzene rings is 1. The van der Waals surface area contributed by atoms with Crippen molar-refractivity contribution in [2.45, 2.75) is 18.4 Å². The zero-order valence-electron chi connectivity index (χ0n) is 11.0. The fourth-order valence-corrected chi connectivity index (χ4v) is 3.97. The van der Waals surface area contributed by atoms with E-state index in [-0.39, 0.29) is 0 Å². The molecular weight excluding hydrogens is 359 g/mol. The number of hydrogen-bond donors (Lipinski definition) is 1. The van der Waals surface area contributed by atoms with Gasteiger partial charge in [0, 0.05) is 27.6 Å². The highest BCUT2D eigenvalue weighted by Gasteiger charge is 2.37. The topological polar surface area (TPSA) is 24.9 Å². The number of fused-ring (bicyclic) bond motifs is 3. The monoisotopic (exact) mass is 374 g/mol. The lowest BCUT2D eigenvalue weighted by Gasteiger charge is -2.37. The van der Waals surface area contributed by atoms with Crippen molar-refractivity contribution in [1.82, 2.24) is 4.98 Å². The van der Waals surface area contributed by atoms with Crippen molar-refractivity contribution in [1.29, 1.82) is 0 Å². The van der Waals surface area contributed by atoms with E-state index in [2.05, 4.69) is 69.3 Å². The number of allylic oxidation sites excluding steroid dienone is 2. The third kappa shape index (κ3) is 1.95. The first-order valence-electron chi connectivity index (χ1n) is 6.95. The van der Waals surface area contributed by atoms with Crippen LogP contribution >= 0.6 is 22.6 Å². The minimum Gasteiger partial charge on any atom is -0.378 e. The van der Waals surface area contributed by atoms with Crippen LogP contribution in [-0.4, -0.2) is 4.98 Å². The smallest absolute Gasteiger partial charge is 0.0569 e. The first kappa shape index (κ1) is 12.4. The molecule has 0 fully saturated rings. The Bertz CT molecular complexity index is 666. The number of aromatic nitrogens is 1. The average molecular weight is 374 g/mol. The lowest BCUT2D eigenvalue weighted by Crippen LogP contribution is -2.29. The molecule has 2 nitrogen and oxygen atoms in total. The minimum absolute atomic E-state index is 0.358. The Hall–Kier alpha value is -1.36. The fourth-order valence-electron chi connectivity index (χ4n) is 3.46. The SMILES string of the molecule is Ic1ccc2c(c1)[C@@H]1C=CC[C@H]1[C@H](c1cccnc1)N2. The summed E-state index contributed by atoms with van der Waals surface area (Å²) < 4.78 is 1.31. The molecule has 4 rings (SSSR count). The van der Waals surface area contributed by atoms with Gasteiger partial charge in [-0.1, -0.05) is 18.2 Å². The normalized spacial score (nSPS) is 26.8. The summed E-state index contributed by atoms with van der Waals surface area (Å²) in [5, 5.41) is 3.73. The van der Waals surface area contributed by atoms with E-state index < -0.39 is 0 Å². The van der Waals surface area contributed by atoms with E-state index in [1.165, 1.54) is 20.4 Å². The van der Waals surface area contributed by atoms with Crippen molar-refractivity contribution in [2.75, 3.05) is 5.32 Å². The van der Waals surface area contributed by atoms with E-state index in [1.807, 2.05) is 18.5 Å². The molecule has 100 valence electrons. The van der Waals surface area contributed by atoms with Gasteiger partial charge in [0.25, 0.3) is 0 Å². The number of halogens is 1. The molecule has 3 atom stereocenters. The average Bonchev–Trinajstić information content (AvgIpc) is 2.97. The van der Waals surface area contributed by atoms with Gasteiger partial charge in [0.1, 0.15) is 0 Å². The molecule has 1 N–H and O–H groups in total. The number of anilines is 1. The third-order valence-electron chi connectivity index (χ3n) is 4.37. The Morgan fingerprint density at radius 1 is 1.25 bits per heavy atom. The van der Waals surface area contributed by atoms with Gasteiger partial charge in [0.2, 0.25) is 0 Å². The van der Waals surface area contributed by atoms with E-state index in [0.29, 0.717) is 17.9 Å². The van der Waals surface area contributed by atoms with Crippen LogP contribution in [0.3, 0.4) is 0 Å². The Morgan fingerprint density at radius 2 is 2.20 bits per heavy atom. The molecule has 0 saturated carbocycles. The Kier molecular flexibility index (Phi) is 3.02. The van der Waals surface area contributed by atoms with Crippen LogP contribution in [0.2, 0.25) is 0 Å². The summed E-state index contributed by atoms with van der Waals surface area (Å²) in [6, 6.07) is 11.3. The van der Waals surface area contributed by atoms with Gasteiger partial charge in [0.15, 0.2) is 0 Å². The zero-order chi connectivity index (χ0) is 13.5. The maximum atomic E-state index is 4.28. The molecule has 20 heavy (non-hydrogen) atoms. The minimum atomic E-state index is 0.358. The predicted molar refractivity (Wildman–Crippen MR) is 89.7 cm³/mol. The van der Waals surface area contributed by atoms with E-state index in [9.17, 15) is 0 Å². The maximum absolute atomic E-state index is 4.28. The molecule has 0 radical (unpaired) electrons. The Labute approximate surface area is 132 Å². The first-order valence-corrected chi connectivity index (χ1v) is 8.03. The largest absolute Gasteiger partial charge is 0.378 e. The molecule has 2 aromatic rings. The van der Waals surface area contributed by atoms with Gasteiger partial charge in [-0.3, -0.25) is 4.98 Å². The van der Waals surface area contributed by atoms with Crippen LogP contribution < -0.4 is 5.32 Å². The predicted octanol–water partition coefficient (Wildman–Crippen LogP) is 4.51. The van der Waals surface area contributed by atoms with Crippen LogP contribution in [-0.2, 0) is 0 Å². The molecule has 0 bridgehead atoms. The zero-order valence-corrected chi connectivity index (χ0v) is 13.1. The number of pyridine rings is 1. The van der Waals surface area contributed by atoms with Gasteiger partial charge in [-0.05, 0) is 70.3 Å². The second kappa shape index (κ2) is 4.88. The first-order chi connectivity index (χ1) is 9.83. The number of hydrogen-bond acceptors (Lipinski definition) is 2. The van der Waals surface area contributed by atoms with Crippen molar-refractivity contribution in [3.05, 3.63) is 69.6 Å². The number of nitrogens with one attached hydrogen (secondary N) is 1. The Morgan fingerprint density at radius 3 is 3.05 bits per heavy atom. The standard InChI is InChI=1S/C17H15IN2/c18-12-6-7-16-15(9-12)13-4-1-5-14(13)17(20-16)11-3-2-8-19-10-11/h1-4,6-10,13-14,17,20H,5H2/t13-,14-,17+/m1/s1. The maximum Gasteiger partial charge on any atom is 0.0569 e. The van der Waals surface area contributed by atoms with Crippen molar-refractivity contribution in [3.63, 3.8) is 0 Å². The highest BCUT2D eigenvalue weighted by Crippen LogP contribution is 2.49. The summed E-state index contributed by atoms with van der Waals surface area (Å²) in [6.07, 6.45) is 9.68. The van der Waals surface area contributed by atoms with E-state index in [0.717, 1.165) is 6.42 Å². The summed E-state index contributed by atoms with van der Waals surface area (Å²) in [4.78, 5) is 4.28. The lowest BCUT2D eigenvalue weighted by atomic mass is 9.77. The van der Waals surface area contributed by atoms with Crippen LogP contribution in [0.5, 0.6) is 0 Å². The molecular formula is C17H15IN2. The molecule has 2 heterocycles. The van der Waals surface area contributed by atoms with Crippen LogP contribution in [0.25, 0.3) is 0 Å². The summed E-state index contributed by atoms with van der Waals surface area (Å²) >= 11 is 2.39. The molecule has 0 unspecified atom stereocenters. The van der Waals surface area contributed by atoms with Crippen LogP contribution in [0.4, 0.5) is 5.69 Å². The summed E-state index contributed by atoms with van der Waals surface area (Å²) in [5.74, 6) is 1.14. The quantitative estimate of drug-likeness (QED) is 0.587. The molecule has 1 aromatic heterocycles. The Balaban J connectivity index is 1.80. The van der Waals surface area contributed by atoms with Gasteiger partial charge in [-0.15, -0.1) is 0 Å². The van der Waals surface area contributed by atoms with E-state index in [1.54, 1.807) is 0 Å². The van der Waals surface area contributed by atoms with Crippen LogP contribution in [0.15, 0.2) is 54.9 Å². The highest BCUT2D eigenvalue weighted by molar-refractivity contribution is 14.1.